The van der Waals surface area contributed by atoms with E-state index in [1.807, 2.05) is 13.0 Å². The van der Waals surface area contributed by atoms with Crippen molar-refractivity contribution in [3.05, 3.63) is 59.4 Å². The van der Waals surface area contributed by atoms with Gasteiger partial charge in [0.2, 0.25) is 0 Å². The van der Waals surface area contributed by atoms with E-state index in [0.29, 0.717) is 28.0 Å². The summed E-state index contributed by atoms with van der Waals surface area (Å²) in [6, 6.07) is 7.23. The zero-order chi connectivity index (χ0) is 19.0. The second kappa shape index (κ2) is 6.72. The molecule has 0 radical (unpaired) electrons. The van der Waals surface area contributed by atoms with Gasteiger partial charge in [0.1, 0.15) is 23.2 Å². The lowest BCUT2D eigenvalue weighted by Crippen LogP contribution is -2.33. The minimum atomic E-state index is -0.408. The number of anilines is 1. The van der Waals surface area contributed by atoms with Crippen LogP contribution in [0.25, 0.3) is 11.0 Å². The lowest BCUT2D eigenvalue weighted by Gasteiger charge is -2.17. The van der Waals surface area contributed by atoms with Gasteiger partial charge in [0, 0.05) is 17.1 Å². The highest BCUT2D eigenvalue weighted by Crippen LogP contribution is 2.44. The molecule has 2 aromatic heterocycles. The Kier molecular flexibility index (Phi) is 4.24. The maximum absolute atomic E-state index is 13.6. The molecule has 1 atom stereocenters. The van der Waals surface area contributed by atoms with Gasteiger partial charge in [-0.1, -0.05) is 0 Å². The topological polar surface area (TPSA) is 91.0 Å². The molecule has 0 bridgehead atoms. The van der Waals surface area contributed by atoms with Crippen molar-refractivity contribution in [2.45, 2.75) is 25.8 Å². The molecule has 2 N–H and O–H groups in total. The average Bonchev–Trinajstić information content (AvgIpc) is 3.45. The Morgan fingerprint density at radius 1 is 1.37 bits per heavy atom. The summed E-state index contributed by atoms with van der Waals surface area (Å²) in [6.07, 6.45) is 4.87. The lowest BCUT2D eigenvalue weighted by atomic mass is 10.0. The third-order valence-electron chi connectivity index (χ3n) is 4.72. The van der Waals surface area contributed by atoms with E-state index in [9.17, 15) is 9.18 Å². The SMILES string of the molecule is Cc1c(C(NC(=O)Nc2cncc(C#N)c2)C2CC2)oc2ccc(F)cc12. The van der Waals surface area contributed by atoms with E-state index in [2.05, 4.69) is 15.6 Å². The molecule has 1 aliphatic rings. The van der Waals surface area contributed by atoms with Gasteiger partial charge in [-0.3, -0.25) is 4.98 Å². The number of aryl methyl sites for hydroxylation is 1. The molecule has 3 aromatic rings. The fraction of sp³-hybridized carbons (Fsp3) is 0.250. The van der Waals surface area contributed by atoms with Crippen LogP contribution >= 0.6 is 0 Å². The third kappa shape index (κ3) is 3.47. The van der Waals surface area contributed by atoms with Gasteiger partial charge in [0.05, 0.1) is 23.5 Å². The molecular formula is C20H17FN4O2. The van der Waals surface area contributed by atoms with Gasteiger partial charge in [-0.15, -0.1) is 0 Å². The second-order valence-corrected chi connectivity index (χ2v) is 6.72. The Hall–Kier alpha value is -3.40. The maximum atomic E-state index is 13.6. The molecule has 2 heterocycles. The normalized spacial score (nSPS) is 14.6. The van der Waals surface area contributed by atoms with E-state index in [0.717, 1.165) is 18.4 Å². The van der Waals surface area contributed by atoms with Crippen molar-refractivity contribution in [1.82, 2.24) is 10.3 Å². The summed E-state index contributed by atoms with van der Waals surface area (Å²) in [4.78, 5) is 16.4. The first-order valence-corrected chi connectivity index (χ1v) is 8.66. The summed E-state index contributed by atoms with van der Waals surface area (Å²) in [5.74, 6) is 0.608. The number of furan rings is 1. The van der Waals surface area contributed by atoms with E-state index in [4.69, 9.17) is 9.68 Å². The predicted molar refractivity (Wildman–Crippen MR) is 97.5 cm³/mol. The number of carbonyl (C=O) groups is 1. The number of nitrogens with one attached hydrogen (secondary N) is 2. The summed E-state index contributed by atoms with van der Waals surface area (Å²) >= 11 is 0. The van der Waals surface area contributed by atoms with Crippen LogP contribution in [0, 0.1) is 30.0 Å². The van der Waals surface area contributed by atoms with E-state index in [-0.39, 0.29) is 17.8 Å². The summed E-state index contributed by atoms with van der Waals surface area (Å²) in [7, 11) is 0. The number of carbonyl (C=O) groups excluding carboxylic acids is 1. The summed E-state index contributed by atoms with van der Waals surface area (Å²) < 4.78 is 19.5. The van der Waals surface area contributed by atoms with Crippen LogP contribution in [0.5, 0.6) is 0 Å². The van der Waals surface area contributed by atoms with Crippen molar-refractivity contribution < 1.29 is 13.6 Å². The van der Waals surface area contributed by atoms with Gasteiger partial charge in [0.25, 0.3) is 0 Å². The number of halogens is 1. The Balaban J connectivity index is 1.58. The third-order valence-corrected chi connectivity index (χ3v) is 4.72. The molecule has 2 amide bonds. The van der Waals surface area contributed by atoms with Crippen molar-refractivity contribution >= 4 is 22.7 Å². The van der Waals surface area contributed by atoms with Gasteiger partial charge < -0.3 is 15.1 Å². The first kappa shape index (κ1) is 17.0. The molecule has 0 spiro atoms. The molecule has 1 saturated carbocycles. The highest BCUT2D eigenvalue weighted by atomic mass is 19.1. The fourth-order valence-corrected chi connectivity index (χ4v) is 3.21. The molecule has 1 unspecified atom stereocenters. The monoisotopic (exact) mass is 364 g/mol. The van der Waals surface area contributed by atoms with Crippen LogP contribution in [0.15, 0.2) is 41.1 Å². The number of urea groups is 1. The molecule has 7 heteroatoms. The van der Waals surface area contributed by atoms with E-state index in [1.54, 1.807) is 12.1 Å². The minimum Gasteiger partial charge on any atom is -0.459 e. The molecular weight excluding hydrogens is 347 g/mol. The van der Waals surface area contributed by atoms with Crippen molar-refractivity contribution in [3.63, 3.8) is 0 Å². The van der Waals surface area contributed by atoms with Crippen LogP contribution in [-0.2, 0) is 0 Å². The number of amides is 2. The van der Waals surface area contributed by atoms with Crippen LogP contribution < -0.4 is 10.6 Å². The van der Waals surface area contributed by atoms with Crippen LogP contribution in [0.1, 0.15) is 35.8 Å². The number of nitrogens with zero attached hydrogens (tertiary/aromatic N) is 2. The zero-order valence-corrected chi connectivity index (χ0v) is 14.6. The molecule has 6 nitrogen and oxygen atoms in total. The van der Waals surface area contributed by atoms with Gasteiger partial charge in [-0.05, 0) is 49.9 Å². The number of rotatable bonds is 4. The quantitative estimate of drug-likeness (QED) is 0.717. The van der Waals surface area contributed by atoms with Crippen LogP contribution in [-0.4, -0.2) is 11.0 Å². The van der Waals surface area contributed by atoms with E-state index < -0.39 is 6.03 Å². The average molecular weight is 364 g/mol. The summed E-state index contributed by atoms with van der Waals surface area (Å²) in [5, 5.41) is 15.3. The molecule has 0 saturated heterocycles. The van der Waals surface area contributed by atoms with Crippen molar-refractivity contribution in [2.75, 3.05) is 5.32 Å². The molecule has 1 aliphatic carbocycles. The largest absolute Gasteiger partial charge is 0.459 e. The first-order valence-electron chi connectivity index (χ1n) is 8.66. The molecule has 1 fully saturated rings. The van der Waals surface area contributed by atoms with Crippen LogP contribution in [0.2, 0.25) is 0 Å². The Bertz CT molecular complexity index is 1070. The van der Waals surface area contributed by atoms with Crippen molar-refractivity contribution in [2.24, 2.45) is 5.92 Å². The summed E-state index contributed by atoms with van der Waals surface area (Å²) in [6.45, 7) is 1.87. The minimum absolute atomic E-state index is 0.281. The number of benzene rings is 1. The number of nitriles is 1. The highest BCUT2D eigenvalue weighted by molar-refractivity contribution is 5.90. The number of hydrogen-bond donors (Lipinski definition) is 2. The number of hydrogen-bond acceptors (Lipinski definition) is 4. The molecule has 1 aromatic carbocycles. The number of fused-ring (bicyclic) bond motifs is 1. The Labute approximate surface area is 155 Å². The molecule has 0 aliphatic heterocycles. The predicted octanol–water partition coefficient (Wildman–Crippen LogP) is 4.42. The molecule has 27 heavy (non-hydrogen) atoms. The Morgan fingerprint density at radius 3 is 2.93 bits per heavy atom. The zero-order valence-electron chi connectivity index (χ0n) is 14.6. The smallest absolute Gasteiger partial charge is 0.319 e. The van der Waals surface area contributed by atoms with Crippen LogP contribution in [0.4, 0.5) is 14.9 Å². The van der Waals surface area contributed by atoms with Crippen molar-refractivity contribution in [3.8, 4) is 6.07 Å². The van der Waals surface area contributed by atoms with Gasteiger partial charge in [-0.25, -0.2) is 9.18 Å². The fourth-order valence-electron chi connectivity index (χ4n) is 3.21. The maximum Gasteiger partial charge on any atom is 0.319 e. The molecule has 136 valence electrons. The number of pyridine rings is 1. The second-order valence-electron chi connectivity index (χ2n) is 6.72. The highest BCUT2D eigenvalue weighted by Gasteiger charge is 2.37. The van der Waals surface area contributed by atoms with E-state index in [1.165, 1.54) is 24.5 Å². The van der Waals surface area contributed by atoms with Crippen molar-refractivity contribution in [1.29, 1.82) is 5.26 Å². The lowest BCUT2D eigenvalue weighted by molar-refractivity contribution is 0.244. The van der Waals surface area contributed by atoms with Gasteiger partial charge >= 0.3 is 6.03 Å². The molecule has 4 rings (SSSR count). The standard InChI is InChI=1S/C20H17FN4O2/c1-11-16-7-14(21)4-5-17(16)27-19(11)18(13-2-3-13)25-20(26)24-15-6-12(8-22)9-23-10-15/h4-7,9-10,13,18H,2-3H2,1H3,(H2,24,25,26). The van der Waals surface area contributed by atoms with Gasteiger partial charge in [-0.2, -0.15) is 5.26 Å². The van der Waals surface area contributed by atoms with Crippen LogP contribution in [0.3, 0.4) is 0 Å². The Morgan fingerprint density at radius 2 is 2.19 bits per heavy atom. The summed E-state index contributed by atoms with van der Waals surface area (Å²) in [5.41, 5.74) is 2.23. The first-order chi connectivity index (χ1) is 13.0. The number of aromatic nitrogens is 1. The van der Waals surface area contributed by atoms with E-state index >= 15 is 0 Å². The van der Waals surface area contributed by atoms with Gasteiger partial charge in [0.15, 0.2) is 0 Å².